The summed E-state index contributed by atoms with van der Waals surface area (Å²) in [5.74, 6) is 3.68. The molecule has 5 unspecified atom stereocenters. The van der Waals surface area contributed by atoms with Crippen LogP contribution in [0, 0.1) is 29.6 Å². The monoisotopic (exact) mass is 148 g/mol. The van der Waals surface area contributed by atoms with Crippen molar-refractivity contribution >= 4 is 6.29 Å². The summed E-state index contributed by atoms with van der Waals surface area (Å²) in [6, 6.07) is 0. The van der Waals surface area contributed by atoms with Gasteiger partial charge in [0.15, 0.2) is 0 Å². The minimum absolute atomic E-state index is 0.417. The molecule has 0 heterocycles. The van der Waals surface area contributed by atoms with Crippen molar-refractivity contribution < 1.29 is 4.79 Å². The maximum atomic E-state index is 10.6. The highest BCUT2D eigenvalue weighted by Crippen LogP contribution is 2.60. The lowest BCUT2D eigenvalue weighted by Crippen LogP contribution is -2.40. The Morgan fingerprint density at radius 1 is 1.18 bits per heavy atom. The Hall–Kier alpha value is -0.590. The first-order valence-electron chi connectivity index (χ1n) is 4.54. The molecule has 0 N–H and O–H groups in total. The van der Waals surface area contributed by atoms with Gasteiger partial charge in [-0.2, -0.15) is 0 Å². The van der Waals surface area contributed by atoms with Gasteiger partial charge in [-0.05, 0) is 36.5 Å². The predicted molar refractivity (Wildman–Crippen MR) is 41.9 cm³/mol. The van der Waals surface area contributed by atoms with Gasteiger partial charge < -0.3 is 4.79 Å². The van der Waals surface area contributed by atoms with Crippen molar-refractivity contribution in [2.24, 2.45) is 29.6 Å². The molecule has 0 aromatic carbocycles. The van der Waals surface area contributed by atoms with Gasteiger partial charge in [0.05, 0.1) is 0 Å². The second-order valence-corrected chi connectivity index (χ2v) is 4.23. The molecule has 0 aliphatic heterocycles. The molecular formula is C10H12O. The Kier molecular flexibility index (Phi) is 0.961. The number of carbonyl (C=O) groups excluding carboxylic acids is 1. The summed E-state index contributed by atoms with van der Waals surface area (Å²) in [4.78, 5) is 10.6. The Morgan fingerprint density at radius 2 is 2.00 bits per heavy atom. The smallest absolute Gasteiger partial charge is 0.123 e. The van der Waals surface area contributed by atoms with Gasteiger partial charge in [-0.15, -0.1) is 0 Å². The number of allylic oxidation sites excluding steroid dienone is 2. The normalized spacial score (nSPS) is 57.3. The van der Waals surface area contributed by atoms with E-state index >= 15 is 0 Å². The third-order valence-electron chi connectivity index (χ3n) is 3.90. The average Bonchev–Trinajstić information content (AvgIpc) is 2.43. The van der Waals surface area contributed by atoms with Gasteiger partial charge in [-0.25, -0.2) is 0 Å². The van der Waals surface area contributed by atoms with Gasteiger partial charge in [0.2, 0.25) is 0 Å². The number of rotatable bonds is 1. The van der Waals surface area contributed by atoms with E-state index in [4.69, 9.17) is 0 Å². The Labute approximate surface area is 66.5 Å². The standard InChI is InChI=1S/C10H12O/c11-5-8-4-9-6-1-2-7(3-6)10(8)9/h1-2,5-10H,3-4H2. The summed E-state index contributed by atoms with van der Waals surface area (Å²) in [5.41, 5.74) is 0. The van der Waals surface area contributed by atoms with Crippen molar-refractivity contribution in [2.75, 3.05) is 0 Å². The molecule has 11 heavy (non-hydrogen) atoms. The van der Waals surface area contributed by atoms with Crippen LogP contribution in [0.4, 0.5) is 0 Å². The molecule has 0 saturated heterocycles. The zero-order chi connectivity index (χ0) is 7.42. The second-order valence-electron chi connectivity index (χ2n) is 4.23. The molecule has 2 fully saturated rings. The largest absolute Gasteiger partial charge is 0.303 e. The third-order valence-corrected chi connectivity index (χ3v) is 3.90. The van der Waals surface area contributed by atoms with E-state index in [0.29, 0.717) is 5.92 Å². The fourth-order valence-corrected chi connectivity index (χ4v) is 3.35. The molecule has 0 aromatic rings. The lowest BCUT2D eigenvalue weighted by atomic mass is 9.61. The van der Waals surface area contributed by atoms with Crippen LogP contribution in [0.25, 0.3) is 0 Å². The van der Waals surface area contributed by atoms with Crippen LogP contribution in [0.1, 0.15) is 12.8 Å². The summed E-state index contributed by atoms with van der Waals surface area (Å²) >= 11 is 0. The zero-order valence-corrected chi connectivity index (χ0v) is 6.44. The number of aldehydes is 1. The summed E-state index contributed by atoms with van der Waals surface area (Å²) in [7, 11) is 0. The Balaban J connectivity index is 1.91. The molecular weight excluding hydrogens is 136 g/mol. The summed E-state index contributed by atoms with van der Waals surface area (Å²) in [6.45, 7) is 0. The van der Waals surface area contributed by atoms with Crippen LogP contribution >= 0.6 is 0 Å². The highest BCUT2D eigenvalue weighted by Gasteiger charge is 2.54. The molecule has 3 aliphatic carbocycles. The van der Waals surface area contributed by atoms with Crippen LogP contribution in [-0.4, -0.2) is 6.29 Å². The van der Waals surface area contributed by atoms with Crippen LogP contribution in [-0.2, 0) is 4.79 Å². The quantitative estimate of drug-likeness (QED) is 0.408. The first-order valence-corrected chi connectivity index (χ1v) is 4.54. The van der Waals surface area contributed by atoms with Crippen LogP contribution in [0.15, 0.2) is 12.2 Å². The fourth-order valence-electron chi connectivity index (χ4n) is 3.35. The molecule has 0 amide bonds. The van der Waals surface area contributed by atoms with E-state index in [1.165, 1.54) is 19.1 Å². The van der Waals surface area contributed by atoms with E-state index < -0.39 is 0 Å². The van der Waals surface area contributed by atoms with Crippen molar-refractivity contribution in [1.29, 1.82) is 0 Å². The van der Waals surface area contributed by atoms with E-state index in [-0.39, 0.29) is 0 Å². The predicted octanol–water partition coefficient (Wildman–Crippen LogP) is 1.64. The van der Waals surface area contributed by atoms with E-state index in [1.54, 1.807) is 0 Å². The Bertz CT molecular complexity index is 231. The van der Waals surface area contributed by atoms with Crippen LogP contribution < -0.4 is 0 Å². The van der Waals surface area contributed by atoms with Gasteiger partial charge in [-0.1, -0.05) is 12.2 Å². The number of hydrogen-bond donors (Lipinski definition) is 0. The molecule has 1 nitrogen and oxygen atoms in total. The second kappa shape index (κ2) is 1.77. The van der Waals surface area contributed by atoms with Crippen molar-refractivity contribution in [3.63, 3.8) is 0 Å². The van der Waals surface area contributed by atoms with Crippen molar-refractivity contribution in [1.82, 2.24) is 0 Å². The molecule has 0 radical (unpaired) electrons. The number of carbonyl (C=O) groups is 1. The molecule has 3 rings (SSSR count). The molecule has 0 spiro atoms. The minimum atomic E-state index is 0.417. The number of hydrogen-bond acceptors (Lipinski definition) is 1. The van der Waals surface area contributed by atoms with Gasteiger partial charge in [0, 0.05) is 5.92 Å². The van der Waals surface area contributed by atoms with Crippen molar-refractivity contribution in [3.05, 3.63) is 12.2 Å². The van der Waals surface area contributed by atoms with Crippen LogP contribution in [0.2, 0.25) is 0 Å². The van der Waals surface area contributed by atoms with Gasteiger partial charge >= 0.3 is 0 Å². The fraction of sp³-hybridized carbons (Fsp3) is 0.700. The highest BCUT2D eigenvalue weighted by molar-refractivity contribution is 5.57. The Morgan fingerprint density at radius 3 is 2.73 bits per heavy atom. The van der Waals surface area contributed by atoms with Crippen LogP contribution in [0.5, 0.6) is 0 Å². The summed E-state index contributed by atoms with van der Waals surface area (Å²) < 4.78 is 0. The van der Waals surface area contributed by atoms with Gasteiger partial charge in [0.1, 0.15) is 6.29 Å². The number of fused-ring (bicyclic) bond motifs is 5. The molecule has 3 aliphatic rings. The molecule has 2 bridgehead atoms. The maximum absolute atomic E-state index is 10.6. The molecule has 5 atom stereocenters. The lowest BCUT2D eigenvalue weighted by molar-refractivity contribution is -0.118. The van der Waals surface area contributed by atoms with Crippen LogP contribution in [0.3, 0.4) is 0 Å². The lowest BCUT2D eigenvalue weighted by Gasteiger charge is -2.42. The zero-order valence-electron chi connectivity index (χ0n) is 6.44. The molecule has 2 saturated carbocycles. The summed E-state index contributed by atoms with van der Waals surface area (Å²) in [5, 5.41) is 0. The van der Waals surface area contributed by atoms with E-state index in [1.807, 2.05) is 0 Å². The molecule has 1 heteroatoms. The SMILES string of the molecule is O=CC1CC2C3C=CC(C3)C12. The first kappa shape index (κ1) is 5.99. The van der Waals surface area contributed by atoms with Crippen molar-refractivity contribution in [2.45, 2.75) is 12.8 Å². The van der Waals surface area contributed by atoms with E-state index in [2.05, 4.69) is 12.2 Å². The van der Waals surface area contributed by atoms with E-state index in [0.717, 1.165) is 23.7 Å². The van der Waals surface area contributed by atoms with Gasteiger partial charge in [0.25, 0.3) is 0 Å². The molecule has 0 aromatic heterocycles. The maximum Gasteiger partial charge on any atom is 0.123 e. The first-order chi connectivity index (χ1) is 5.40. The average molecular weight is 148 g/mol. The highest BCUT2D eigenvalue weighted by atomic mass is 16.1. The third kappa shape index (κ3) is 0.559. The molecule has 58 valence electrons. The van der Waals surface area contributed by atoms with E-state index in [9.17, 15) is 4.79 Å². The topological polar surface area (TPSA) is 17.1 Å². The van der Waals surface area contributed by atoms with Gasteiger partial charge in [-0.3, -0.25) is 0 Å². The minimum Gasteiger partial charge on any atom is -0.303 e. The van der Waals surface area contributed by atoms with Crippen molar-refractivity contribution in [3.8, 4) is 0 Å². The summed E-state index contributed by atoms with van der Waals surface area (Å²) in [6.07, 6.45) is 8.41.